The zero-order valence-electron chi connectivity index (χ0n) is 16.4. The number of aliphatic hydroxyl groups excluding tert-OH is 1. The van der Waals surface area contributed by atoms with Crippen molar-refractivity contribution in [2.45, 2.75) is 39.1 Å². The van der Waals surface area contributed by atoms with Crippen LogP contribution in [-0.2, 0) is 13.1 Å². The van der Waals surface area contributed by atoms with Gasteiger partial charge in [0.1, 0.15) is 12.7 Å². The average molecular weight is 413 g/mol. The van der Waals surface area contributed by atoms with Crippen LogP contribution in [-0.4, -0.2) is 49.5 Å². The zero-order valence-corrected chi connectivity index (χ0v) is 17.9. The summed E-state index contributed by atoms with van der Waals surface area (Å²) in [7, 11) is 3.60. The minimum atomic E-state index is -0.563. The van der Waals surface area contributed by atoms with Gasteiger partial charge < -0.3 is 24.8 Å². The predicted octanol–water partition coefficient (Wildman–Crippen LogP) is 3.78. The Morgan fingerprint density at radius 1 is 1.19 bits per heavy atom. The summed E-state index contributed by atoms with van der Waals surface area (Å²) in [5.41, 5.74) is 1.09. The Balaban J connectivity index is 1.89. The number of halogens is 1. The minimum Gasteiger partial charge on any atom is -0.493 e. The van der Waals surface area contributed by atoms with Gasteiger partial charge in [-0.2, -0.15) is 0 Å². The third-order valence-corrected chi connectivity index (χ3v) is 5.53. The molecule has 0 amide bonds. The molecule has 2 rings (SSSR count). The van der Waals surface area contributed by atoms with Crippen molar-refractivity contribution in [1.82, 2.24) is 10.2 Å². The van der Waals surface area contributed by atoms with E-state index in [0.29, 0.717) is 30.6 Å². The largest absolute Gasteiger partial charge is 0.493 e. The number of aliphatic hydroxyl groups is 1. The van der Waals surface area contributed by atoms with Crippen molar-refractivity contribution in [1.29, 1.82) is 0 Å². The second-order valence-electron chi connectivity index (χ2n) is 6.79. The molecule has 27 heavy (non-hydrogen) atoms. The summed E-state index contributed by atoms with van der Waals surface area (Å²) in [6.07, 6.45) is -0.563. The molecular weight excluding hydrogens is 384 g/mol. The maximum Gasteiger partial charge on any atom is 0.161 e. The van der Waals surface area contributed by atoms with Crippen LogP contribution in [0.4, 0.5) is 0 Å². The first-order chi connectivity index (χ1) is 12.9. The van der Waals surface area contributed by atoms with E-state index in [-0.39, 0.29) is 6.61 Å². The summed E-state index contributed by atoms with van der Waals surface area (Å²) in [5.74, 6) is 1.30. The number of methoxy groups -OCH3 is 1. The van der Waals surface area contributed by atoms with Crippen LogP contribution in [0.25, 0.3) is 0 Å². The van der Waals surface area contributed by atoms with Gasteiger partial charge in [0.15, 0.2) is 11.5 Å². The second-order valence-corrected chi connectivity index (χ2v) is 8.59. The van der Waals surface area contributed by atoms with E-state index in [2.05, 4.69) is 24.1 Å². The number of nitrogens with zero attached hydrogens (tertiary/aromatic N) is 1. The van der Waals surface area contributed by atoms with Crippen molar-refractivity contribution in [2.75, 3.05) is 27.3 Å². The van der Waals surface area contributed by atoms with Gasteiger partial charge in [-0.05, 0) is 50.7 Å². The molecule has 0 aliphatic heterocycles. The van der Waals surface area contributed by atoms with Gasteiger partial charge in [0.2, 0.25) is 0 Å². The van der Waals surface area contributed by atoms with Gasteiger partial charge in [-0.1, -0.05) is 17.7 Å². The molecule has 150 valence electrons. The Hall–Kier alpha value is -1.31. The van der Waals surface area contributed by atoms with Crippen molar-refractivity contribution in [3.8, 4) is 11.5 Å². The number of benzene rings is 1. The lowest BCUT2D eigenvalue weighted by atomic mass is 10.2. The maximum absolute atomic E-state index is 10.2. The first-order valence-corrected chi connectivity index (χ1v) is 10.2. The highest BCUT2D eigenvalue weighted by Gasteiger charge is 2.13. The molecule has 0 aliphatic carbocycles. The fourth-order valence-corrected chi connectivity index (χ4v) is 3.56. The Morgan fingerprint density at radius 3 is 2.59 bits per heavy atom. The van der Waals surface area contributed by atoms with E-state index in [1.165, 1.54) is 4.88 Å². The monoisotopic (exact) mass is 412 g/mol. The molecule has 1 aromatic heterocycles. The lowest BCUT2D eigenvalue weighted by Crippen LogP contribution is -2.37. The molecule has 0 spiro atoms. The number of ether oxygens (including phenoxy) is 2. The standard InChI is InChI=1S/C20H29ClN2O3S/c1-14(2)23(3)12-16(24)13-26-19-9-15(5-7-18(19)25-4)10-22-11-17-6-8-20(21)27-17/h5-9,14,16,22,24H,10-13H2,1-4H3/t16-/m1/s1. The van der Waals surface area contributed by atoms with E-state index in [4.69, 9.17) is 21.1 Å². The molecule has 1 aromatic carbocycles. The summed E-state index contributed by atoms with van der Waals surface area (Å²) < 4.78 is 12.0. The van der Waals surface area contributed by atoms with Crippen LogP contribution in [0.15, 0.2) is 30.3 Å². The smallest absolute Gasteiger partial charge is 0.161 e. The summed E-state index contributed by atoms with van der Waals surface area (Å²) in [5, 5.41) is 13.6. The molecule has 0 fully saturated rings. The molecule has 1 atom stereocenters. The summed E-state index contributed by atoms with van der Waals surface area (Å²) in [4.78, 5) is 3.28. The number of rotatable bonds is 11. The van der Waals surface area contributed by atoms with Gasteiger partial charge in [0, 0.05) is 30.6 Å². The van der Waals surface area contributed by atoms with Gasteiger partial charge >= 0.3 is 0 Å². The molecule has 7 heteroatoms. The van der Waals surface area contributed by atoms with Crippen LogP contribution in [0, 0.1) is 0 Å². The number of hydrogen-bond acceptors (Lipinski definition) is 6. The molecular formula is C20H29ClN2O3S. The van der Waals surface area contributed by atoms with E-state index >= 15 is 0 Å². The number of hydrogen-bond donors (Lipinski definition) is 2. The van der Waals surface area contributed by atoms with E-state index in [1.807, 2.05) is 37.4 Å². The third kappa shape index (κ3) is 7.31. The van der Waals surface area contributed by atoms with E-state index < -0.39 is 6.10 Å². The SMILES string of the molecule is COc1ccc(CNCc2ccc(Cl)s2)cc1OC[C@H](O)CN(C)C(C)C. The molecule has 0 aliphatic rings. The van der Waals surface area contributed by atoms with Crippen molar-refractivity contribution < 1.29 is 14.6 Å². The van der Waals surface area contributed by atoms with E-state index in [9.17, 15) is 5.11 Å². The van der Waals surface area contributed by atoms with Crippen molar-refractivity contribution in [3.63, 3.8) is 0 Å². The Bertz CT molecular complexity index is 708. The highest BCUT2D eigenvalue weighted by atomic mass is 35.5. The molecule has 1 heterocycles. The average Bonchev–Trinajstić information content (AvgIpc) is 3.05. The van der Waals surface area contributed by atoms with Crippen LogP contribution in [0.1, 0.15) is 24.3 Å². The van der Waals surface area contributed by atoms with Crippen LogP contribution in [0.5, 0.6) is 11.5 Å². The normalized spacial score (nSPS) is 12.6. The highest BCUT2D eigenvalue weighted by molar-refractivity contribution is 7.16. The molecule has 0 bridgehead atoms. The van der Waals surface area contributed by atoms with Gasteiger partial charge in [-0.25, -0.2) is 0 Å². The molecule has 0 saturated heterocycles. The highest BCUT2D eigenvalue weighted by Crippen LogP contribution is 2.28. The van der Waals surface area contributed by atoms with Gasteiger partial charge in [-0.15, -0.1) is 11.3 Å². The molecule has 5 nitrogen and oxygen atoms in total. The summed E-state index contributed by atoms with van der Waals surface area (Å²) in [6, 6.07) is 10.2. The van der Waals surface area contributed by atoms with Crippen LogP contribution in [0.3, 0.4) is 0 Å². The minimum absolute atomic E-state index is 0.220. The summed E-state index contributed by atoms with van der Waals surface area (Å²) >= 11 is 7.53. The Kier molecular flexibility index (Phi) is 8.86. The molecule has 2 N–H and O–H groups in total. The van der Waals surface area contributed by atoms with Crippen LogP contribution >= 0.6 is 22.9 Å². The molecule has 2 aromatic rings. The lowest BCUT2D eigenvalue weighted by molar-refractivity contribution is 0.0668. The number of thiophene rings is 1. The van der Waals surface area contributed by atoms with Gasteiger partial charge in [0.25, 0.3) is 0 Å². The third-order valence-electron chi connectivity index (χ3n) is 4.30. The molecule has 0 radical (unpaired) electrons. The topological polar surface area (TPSA) is 54.0 Å². The first kappa shape index (κ1) is 22.0. The van der Waals surface area contributed by atoms with Gasteiger partial charge in [0.05, 0.1) is 11.4 Å². The molecule has 0 unspecified atom stereocenters. The lowest BCUT2D eigenvalue weighted by Gasteiger charge is -2.24. The second kappa shape index (κ2) is 10.9. The fourth-order valence-electron chi connectivity index (χ4n) is 2.50. The van der Waals surface area contributed by atoms with E-state index in [0.717, 1.165) is 16.4 Å². The quantitative estimate of drug-likeness (QED) is 0.588. The first-order valence-electron chi connectivity index (χ1n) is 9.02. The number of likely N-dealkylation sites (N-methyl/N-ethyl adjacent to an activating group) is 1. The Morgan fingerprint density at radius 2 is 1.96 bits per heavy atom. The maximum atomic E-state index is 10.2. The van der Waals surface area contributed by atoms with Crippen LogP contribution in [0.2, 0.25) is 4.34 Å². The van der Waals surface area contributed by atoms with Crippen molar-refractivity contribution >= 4 is 22.9 Å². The van der Waals surface area contributed by atoms with Crippen molar-refractivity contribution in [2.24, 2.45) is 0 Å². The number of nitrogens with one attached hydrogen (secondary N) is 1. The van der Waals surface area contributed by atoms with Crippen LogP contribution < -0.4 is 14.8 Å². The van der Waals surface area contributed by atoms with Gasteiger partial charge in [-0.3, -0.25) is 0 Å². The Labute approximate surface area is 170 Å². The molecule has 0 saturated carbocycles. The zero-order chi connectivity index (χ0) is 19.8. The predicted molar refractivity (Wildman–Crippen MR) is 112 cm³/mol. The fraction of sp³-hybridized carbons (Fsp3) is 0.500. The summed E-state index contributed by atoms with van der Waals surface area (Å²) in [6.45, 7) is 6.44. The van der Waals surface area contributed by atoms with E-state index in [1.54, 1.807) is 18.4 Å². The van der Waals surface area contributed by atoms with Crippen molar-refractivity contribution in [3.05, 3.63) is 45.1 Å².